The highest BCUT2D eigenvalue weighted by atomic mass is 35.5. The summed E-state index contributed by atoms with van der Waals surface area (Å²) in [5.41, 5.74) is 14.1. The Hall–Kier alpha value is -4.35. The van der Waals surface area contributed by atoms with Gasteiger partial charge in [-0.2, -0.15) is 21.8 Å². The summed E-state index contributed by atoms with van der Waals surface area (Å²) in [6.45, 7) is 0.0328. The van der Waals surface area contributed by atoms with Crippen molar-refractivity contribution in [2.24, 2.45) is 0 Å². The number of aromatic nitrogens is 2. The molecule has 0 aliphatic rings. The van der Waals surface area contributed by atoms with Crippen molar-refractivity contribution < 1.29 is 39.4 Å². The maximum atomic E-state index is 13.2. The third-order valence-electron chi connectivity index (χ3n) is 5.03. The van der Waals surface area contributed by atoms with Gasteiger partial charge in [0.25, 0.3) is 5.91 Å². The molecule has 7 N–H and O–H groups in total. The summed E-state index contributed by atoms with van der Waals surface area (Å²) in [6, 6.07) is 18.1. The molecular formula is C24H21ClFN5O8S2. The minimum atomic E-state index is -4.92. The Labute approximate surface area is 238 Å². The largest absolute Gasteiger partial charge is 0.487 e. The van der Waals surface area contributed by atoms with Crippen molar-refractivity contribution in [1.82, 2.24) is 9.97 Å². The lowest BCUT2D eigenvalue weighted by Gasteiger charge is -2.13. The Bertz CT molecular complexity index is 1770. The van der Waals surface area contributed by atoms with Gasteiger partial charge < -0.3 is 21.5 Å². The zero-order valence-corrected chi connectivity index (χ0v) is 23.0. The highest BCUT2D eigenvalue weighted by molar-refractivity contribution is 7.86. The number of halogens is 2. The number of nitrogen functional groups attached to an aromatic ring is 2. The average molecular weight is 626 g/mol. The molecule has 0 fully saturated rings. The molecule has 1 amide bonds. The van der Waals surface area contributed by atoms with Gasteiger partial charge >= 0.3 is 20.6 Å². The first-order valence-corrected chi connectivity index (χ1v) is 14.2. The second-order valence-electron chi connectivity index (χ2n) is 7.98. The van der Waals surface area contributed by atoms with Gasteiger partial charge in [-0.1, -0.05) is 29.8 Å². The van der Waals surface area contributed by atoms with E-state index in [4.69, 9.17) is 45.3 Å². The summed E-state index contributed by atoms with van der Waals surface area (Å²) in [4.78, 5) is 20.1. The Balaban J connectivity index is 0.000000850. The van der Waals surface area contributed by atoms with Crippen molar-refractivity contribution in [2.45, 2.75) is 11.5 Å². The molecule has 1 aromatic heterocycles. The molecular weight excluding hydrogens is 605 g/mol. The Kier molecular flexibility index (Phi) is 9.79. The average Bonchev–Trinajstić information content (AvgIpc) is 2.87. The monoisotopic (exact) mass is 625 g/mol. The summed E-state index contributed by atoms with van der Waals surface area (Å²) < 4.78 is 72.8. The summed E-state index contributed by atoms with van der Waals surface area (Å²) in [7, 11) is -9.59. The molecule has 3 aromatic carbocycles. The fourth-order valence-corrected chi connectivity index (χ4v) is 4.00. The standard InChI is InChI=1S/C24H19ClFN5O4S.H2O4S/c25-16-6-4-14(5-7-16)21-20(30-24(28)31-22(21)27)13-35-18-10-8-17(9-11-18)29-23(32)15-2-1-3-19(12-15)36(26,33)34;1-5(2,3)4/h1-12H,13H2,(H,29,32)(H4,27,28,30,31);(H2,1,2,3,4). The molecule has 0 saturated carbocycles. The van der Waals surface area contributed by atoms with Crippen LogP contribution in [0.15, 0.2) is 77.7 Å². The molecule has 1 heterocycles. The van der Waals surface area contributed by atoms with Gasteiger partial charge in [0.1, 0.15) is 18.2 Å². The smallest absolute Gasteiger partial charge is 0.394 e. The Morgan fingerprint density at radius 2 is 1.56 bits per heavy atom. The fraction of sp³-hybridized carbons (Fsp3) is 0.0417. The molecule has 216 valence electrons. The van der Waals surface area contributed by atoms with Crippen LogP contribution in [0.2, 0.25) is 5.02 Å². The van der Waals surface area contributed by atoms with Gasteiger partial charge in [-0.15, -0.1) is 3.89 Å². The molecule has 0 radical (unpaired) electrons. The summed E-state index contributed by atoms with van der Waals surface area (Å²) >= 11 is 5.98. The molecule has 13 nitrogen and oxygen atoms in total. The van der Waals surface area contributed by atoms with Crippen molar-refractivity contribution >= 4 is 55.6 Å². The Morgan fingerprint density at radius 3 is 2.15 bits per heavy atom. The van der Waals surface area contributed by atoms with E-state index in [-0.39, 0.29) is 23.9 Å². The van der Waals surface area contributed by atoms with Gasteiger partial charge in [0.05, 0.1) is 10.6 Å². The minimum Gasteiger partial charge on any atom is -0.487 e. The SMILES string of the molecule is Nc1nc(N)c(-c2ccc(Cl)cc2)c(COc2ccc(NC(=O)c3cccc(S(=O)(=O)F)c3)cc2)n1.O=S(=O)(O)O. The number of ether oxygens (including phenoxy) is 1. The first kappa shape index (κ1) is 31.2. The lowest BCUT2D eigenvalue weighted by molar-refractivity contribution is 0.102. The highest BCUT2D eigenvalue weighted by Crippen LogP contribution is 2.30. The number of nitrogens with zero attached hydrogens (tertiary/aromatic N) is 2. The number of carbonyl (C=O) groups is 1. The molecule has 4 aromatic rings. The molecule has 41 heavy (non-hydrogen) atoms. The molecule has 0 spiro atoms. The van der Waals surface area contributed by atoms with E-state index in [0.717, 1.165) is 17.7 Å². The van der Waals surface area contributed by atoms with E-state index in [0.29, 0.717) is 27.7 Å². The molecule has 0 aliphatic carbocycles. The van der Waals surface area contributed by atoms with E-state index >= 15 is 0 Å². The molecule has 0 bridgehead atoms. The van der Waals surface area contributed by atoms with Crippen LogP contribution in [0, 0.1) is 0 Å². The predicted octanol–water partition coefficient (Wildman–Crippen LogP) is 3.80. The van der Waals surface area contributed by atoms with Crippen LogP contribution >= 0.6 is 11.6 Å². The summed E-state index contributed by atoms with van der Waals surface area (Å²) in [5.74, 6) is 0.0719. The van der Waals surface area contributed by atoms with Gasteiger partial charge in [-0.25, -0.2) is 4.98 Å². The first-order valence-electron chi connectivity index (χ1n) is 11.1. The number of hydrogen-bond acceptors (Lipinski definition) is 10. The van der Waals surface area contributed by atoms with Crippen LogP contribution in [0.3, 0.4) is 0 Å². The molecule has 0 unspecified atom stereocenters. The predicted molar refractivity (Wildman–Crippen MR) is 149 cm³/mol. The quantitative estimate of drug-likeness (QED) is 0.146. The van der Waals surface area contributed by atoms with Crippen molar-refractivity contribution in [1.29, 1.82) is 0 Å². The molecule has 0 atom stereocenters. The van der Waals surface area contributed by atoms with E-state index in [1.54, 1.807) is 48.5 Å². The lowest BCUT2D eigenvalue weighted by atomic mass is 10.0. The van der Waals surface area contributed by atoms with Crippen LogP contribution in [0.4, 0.5) is 21.3 Å². The number of nitrogens with one attached hydrogen (secondary N) is 1. The van der Waals surface area contributed by atoms with E-state index in [1.165, 1.54) is 12.1 Å². The van der Waals surface area contributed by atoms with Crippen molar-refractivity contribution in [2.75, 3.05) is 16.8 Å². The maximum Gasteiger partial charge on any atom is 0.394 e. The van der Waals surface area contributed by atoms with E-state index in [9.17, 15) is 17.1 Å². The number of amides is 1. The minimum absolute atomic E-state index is 0.00602. The zero-order chi connectivity index (χ0) is 30.4. The van der Waals surface area contributed by atoms with Gasteiger partial charge in [0.15, 0.2) is 0 Å². The van der Waals surface area contributed by atoms with Gasteiger partial charge in [0, 0.05) is 21.8 Å². The van der Waals surface area contributed by atoms with Crippen LogP contribution in [-0.4, -0.2) is 41.8 Å². The van der Waals surface area contributed by atoms with Crippen molar-refractivity contribution in [3.05, 3.63) is 89.1 Å². The normalized spacial score (nSPS) is 11.2. The second-order valence-corrected chi connectivity index (χ2v) is 10.7. The van der Waals surface area contributed by atoms with Gasteiger partial charge in [-0.3, -0.25) is 13.9 Å². The number of benzene rings is 3. The molecule has 0 saturated heterocycles. The first-order chi connectivity index (χ1) is 19.1. The topological polar surface area (TPSA) is 225 Å². The van der Waals surface area contributed by atoms with Gasteiger partial charge in [0.2, 0.25) is 5.95 Å². The second kappa shape index (κ2) is 12.9. The number of hydrogen-bond donors (Lipinski definition) is 5. The van der Waals surface area contributed by atoms with Crippen molar-refractivity contribution in [3.8, 4) is 16.9 Å². The Morgan fingerprint density at radius 1 is 0.951 bits per heavy atom. The molecule has 17 heteroatoms. The third kappa shape index (κ3) is 9.66. The van der Waals surface area contributed by atoms with E-state index < -0.39 is 31.4 Å². The van der Waals surface area contributed by atoms with Crippen LogP contribution in [-0.2, 0) is 27.2 Å². The van der Waals surface area contributed by atoms with Crippen LogP contribution in [0.5, 0.6) is 5.75 Å². The van der Waals surface area contributed by atoms with Crippen LogP contribution in [0.25, 0.3) is 11.1 Å². The van der Waals surface area contributed by atoms with Crippen LogP contribution < -0.4 is 21.5 Å². The van der Waals surface area contributed by atoms with E-state index in [1.807, 2.05) is 0 Å². The highest BCUT2D eigenvalue weighted by Gasteiger charge is 2.16. The van der Waals surface area contributed by atoms with Gasteiger partial charge in [-0.05, 0) is 60.2 Å². The number of carbonyl (C=O) groups excluding carboxylic acids is 1. The summed E-state index contributed by atoms with van der Waals surface area (Å²) in [5, 5.41) is 3.18. The summed E-state index contributed by atoms with van der Waals surface area (Å²) in [6.07, 6.45) is 0. The van der Waals surface area contributed by atoms with E-state index in [2.05, 4.69) is 15.3 Å². The van der Waals surface area contributed by atoms with Crippen LogP contribution in [0.1, 0.15) is 16.1 Å². The zero-order valence-electron chi connectivity index (χ0n) is 20.6. The van der Waals surface area contributed by atoms with Crippen molar-refractivity contribution in [3.63, 3.8) is 0 Å². The fourth-order valence-electron chi connectivity index (χ4n) is 3.36. The number of rotatable bonds is 7. The lowest BCUT2D eigenvalue weighted by Crippen LogP contribution is -2.12. The third-order valence-corrected chi connectivity index (χ3v) is 6.10. The number of nitrogens with two attached hydrogens (primary N) is 2. The number of anilines is 3. The molecule has 4 rings (SSSR count). The molecule has 0 aliphatic heterocycles. The maximum absolute atomic E-state index is 13.2.